The molecule has 3 heterocycles. The lowest BCUT2D eigenvalue weighted by atomic mass is 10.2. The van der Waals surface area contributed by atoms with Crippen LogP contribution in [-0.4, -0.2) is 64.9 Å². The van der Waals surface area contributed by atoms with Crippen molar-refractivity contribution in [3.8, 4) is 9.88 Å². The number of hydrogen-bond acceptors (Lipinski definition) is 6. The van der Waals surface area contributed by atoms with Gasteiger partial charge in [-0.05, 0) is 31.2 Å². The van der Waals surface area contributed by atoms with Gasteiger partial charge in [0.15, 0.2) is 0 Å². The van der Waals surface area contributed by atoms with Crippen LogP contribution in [0.15, 0.2) is 22.9 Å². The predicted molar refractivity (Wildman–Crippen MR) is 108 cm³/mol. The number of carbonyl (C=O) groups excluding carboxylic acids is 2. The standard InChI is InChI=1S/C19H24N4O2S2/c1-13(18(25)20-14-4-5-14)22-6-8-23(9-7-22)17(24)11-15-12-27-19(21-15)16-3-2-10-26-16/h2-3,10,12-14H,4-9,11H2,1H3,(H,20,25). The van der Waals surface area contributed by atoms with E-state index in [1.54, 1.807) is 22.7 Å². The second-order valence-corrected chi connectivity index (χ2v) is 8.98. The Balaban J connectivity index is 1.26. The average Bonchev–Trinajstić information content (AvgIpc) is 3.13. The Bertz CT molecular complexity index is 793. The molecular weight excluding hydrogens is 380 g/mol. The zero-order valence-corrected chi connectivity index (χ0v) is 17.0. The third-order valence-electron chi connectivity index (χ3n) is 5.13. The molecule has 4 rings (SSSR count). The lowest BCUT2D eigenvalue weighted by Crippen LogP contribution is -2.55. The van der Waals surface area contributed by atoms with Crippen LogP contribution in [0.2, 0.25) is 0 Å². The van der Waals surface area contributed by atoms with E-state index < -0.39 is 0 Å². The number of piperazine rings is 1. The van der Waals surface area contributed by atoms with Crippen LogP contribution < -0.4 is 5.32 Å². The van der Waals surface area contributed by atoms with Gasteiger partial charge in [0.2, 0.25) is 11.8 Å². The number of carbonyl (C=O) groups is 2. The molecule has 0 spiro atoms. The molecule has 0 radical (unpaired) electrons. The third-order valence-corrected chi connectivity index (χ3v) is 7.06. The van der Waals surface area contributed by atoms with Crippen LogP contribution in [-0.2, 0) is 16.0 Å². The van der Waals surface area contributed by atoms with E-state index in [2.05, 4.69) is 21.3 Å². The van der Waals surface area contributed by atoms with Crippen molar-refractivity contribution in [3.05, 3.63) is 28.6 Å². The zero-order chi connectivity index (χ0) is 18.8. The topological polar surface area (TPSA) is 65.5 Å². The summed E-state index contributed by atoms with van der Waals surface area (Å²) in [6, 6.07) is 4.32. The van der Waals surface area contributed by atoms with Gasteiger partial charge >= 0.3 is 0 Å². The highest BCUT2D eigenvalue weighted by molar-refractivity contribution is 7.20. The van der Waals surface area contributed by atoms with Crippen LogP contribution in [0, 0.1) is 0 Å². The van der Waals surface area contributed by atoms with Crippen LogP contribution in [0.5, 0.6) is 0 Å². The van der Waals surface area contributed by atoms with Gasteiger partial charge in [0.05, 0.1) is 23.0 Å². The van der Waals surface area contributed by atoms with E-state index in [1.807, 2.05) is 28.7 Å². The van der Waals surface area contributed by atoms with Crippen molar-refractivity contribution >= 4 is 34.5 Å². The van der Waals surface area contributed by atoms with Crippen molar-refractivity contribution in [2.45, 2.75) is 38.3 Å². The average molecular weight is 405 g/mol. The van der Waals surface area contributed by atoms with E-state index >= 15 is 0 Å². The third kappa shape index (κ3) is 4.56. The molecule has 0 bridgehead atoms. The van der Waals surface area contributed by atoms with Crippen LogP contribution in [0.4, 0.5) is 0 Å². The van der Waals surface area contributed by atoms with E-state index in [0.29, 0.717) is 25.6 Å². The maximum absolute atomic E-state index is 12.6. The summed E-state index contributed by atoms with van der Waals surface area (Å²) in [7, 11) is 0. The molecule has 1 aliphatic carbocycles. The molecule has 2 fully saturated rings. The van der Waals surface area contributed by atoms with Gasteiger partial charge in [-0.25, -0.2) is 4.98 Å². The lowest BCUT2D eigenvalue weighted by molar-refractivity contribution is -0.133. The molecule has 27 heavy (non-hydrogen) atoms. The van der Waals surface area contributed by atoms with Gasteiger partial charge in [-0.3, -0.25) is 14.5 Å². The van der Waals surface area contributed by atoms with Crippen molar-refractivity contribution in [1.82, 2.24) is 20.1 Å². The summed E-state index contributed by atoms with van der Waals surface area (Å²) in [4.78, 5) is 34.6. The first-order chi connectivity index (χ1) is 13.1. The number of thiazole rings is 1. The van der Waals surface area contributed by atoms with Gasteiger partial charge in [-0.15, -0.1) is 22.7 Å². The van der Waals surface area contributed by atoms with Crippen LogP contribution >= 0.6 is 22.7 Å². The van der Waals surface area contributed by atoms with E-state index in [-0.39, 0.29) is 17.9 Å². The normalized spacial score (nSPS) is 19.1. The van der Waals surface area contributed by atoms with E-state index in [9.17, 15) is 9.59 Å². The minimum absolute atomic E-state index is 0.112. The van der Waals surface area contributed by atoms with Crippen molar-refractivity contribution in [2.75, 3.05) is 26.2 Å². The maximum atomic E-state index is 12.6. The molecular formula is C19H24N4O2S2. The molecule has 1 unspecified atom stereocenters. The molecule has 1 aliphatic heterocycles. The molecule has 2 aliphatic rings. The van der Waals surface area contributed by atoms with E-state index in [0.717, 1.165) is 41.5 Å². The number of thiophene rings is 1. The van der Waals surface area contributed by atoms with Crippen LogP contribution in [0.1, 0.15) is 25.5 Å². The van der Waals surface area contributed by atoms with Gasteiger partial charge < -0.3 is 10.2 Å². The highest BCUT2D eigenvalue weighted by Gasteiger charge is 2.30. The molecule has 2 amide bonds. The molecule has 144 valence electrons. The first-order valence-electron chi connectivity index (χ1n) is 9.40. The zero-order valence-electron chi connectivity index (χ0n) is 15.4. The van der Waals surface area contributed by atoms with Crippen LogP contribution in [0.25, 0.3) is 9.88 Å². The molecule has 1 saturated heterocycles. The first-order valence-corrected chi connectivity index (χ1v) is 11.2. The molecule has 6 nitrogen and oxygen atoms in total. The molecule has 8 heteroatoms. The highest BCUT2D eigenvalue weighted by Crippen LogP contribution is 2.28. The van der Waals surface area contributed by atoms with E-state index in [4.69, 9.17) is 0 Å². The molecule has 0 aromatic carbocycles. The van der Waals surface area contributed by atoms with Crippen molar-refractivity contribution < 1.29 is 9.59 Å². The summed E-state index contributed by atoms with van der Waals surface area (Å²) in [6.07, 6.45) is 2.55. The van der Waals surface area contributed by atoms with Gasteiger partial charge in [-0.2, -0.15) is 0 Å². The summed E-state index contributed by atoms with van der Waals surface area (Å²) < 4.78 is 0. The van der Waals surface area contributed by atoms with Crippen molar-refractivity contribution in [3.63, 3.8) is 0 Å². The van der Waals surface area contributed by atoms with Gasteiger partial charge in [0.1, 0.15) is 5.01 Å². The maximum Gasteiger partial charge on any atom is 0.237 e. The minimum atomic E-state index is -0.130. The van der Waals surface area contributed by atoms with Gasteiger partial charge in [0.25, 0.3) is 0 Å². The molecule has 1 saturated carbocycles. The predicted octanol–water partition coefficient (Wildman–Crippen LogP) is 2.23. The Morgan fingerprint density at radius 2 is 2.04 bits per heavy atom. The molecule has 2 aromatic rings. The number of nitrogens with zero attached hydrogens (tertiary/aromatic N) is 3. The Labute approximate surface area is 167 Å². The number of aromatic nitrogens is 1. The number of nitrogens with one attached hydrogen (secondary N) is 1. The summed E-state index contributed by atoms with van der Waals surface area (Å²) in [5.41, 5.74) is 0.841. The molecule has 2 aromatic heterocycles. The quantitative estimate of drug-likeness (QED) is 0.802. The Morgan fingerprint density at radius 3 is 2.70 bits per heavy atom. The second kappa shape index (κ2) is 8.08. The fourth-order valence-electron chi connectivity index (χ4n) is 3.24. The number of amides is 2. The smallest absolute Gasteiger partial charge is 0.237 e. The Kier molecular flexibility index (Phi) is 5.56. The lowest BCUT2D eigenvalue weighted by Gasteiger charge is -2.37. The minimum Gasteiger partial charge on any atom is -0.352 e. The van der Waals surface area contributed by atoms with E-state index in [1.165, 1.54) is 0 Å². The SMILES string of the molecule is CC(C(=O)NC1CC1)N1CCN(C(=O)Cc2csc(-c3cccs3)n2)CC1. The second-order valence-electron chi connectivity index (χ2n) is 7.17. The highest BCUT2D eigenvalue weighted by atomic mass is 32.1. The fraction of sp³-hybridized carbons (Fsp3) is 0.526. The van der Waals surface area contributed by atoms with Crippen molar-refractivity contribution in [1.29, 1.82) is 0 Å². The Morgan fingerprint density at radius 1 is 1.26 bits per heavy atom. The number of rotatable bonds is 6. The molecule has 1 atom stereocenters. The summed E-state index contributed by atoms with van der Waals surface area (Å²) >= 11 is 3.25. The largest absolute Gasteiger partial charge is 0.352 e. The summed E-state index contributed by atoms with van der Waals surface area (Å²) in [5, 5.41) is 8.06. The van der Waals surface area contributed by atoms with Gasteiger partial charge in [-0.1, -0.05) is 6.07 Å². The summed E-state index contributed by atoms with van der Waals surface area (Å²) in [5.74, 6) is 0.230. The number of hydrogen-bond donors (Lipinski definition) is 1. The monoisotopic (exact) mass is 404 g/mol. The first kappa shape index (κ1) is 18.6. The fourth-order valence-corrected chi connectivity index (χ4v) is 4.88. The van der Waals surface area contributed by atoms with Crippen molar-refractivity contribution in [2.24, 2.45) is 0 Å². The summed E-state index contributed by atoms with van der Waals surface area (Å²) in [6.45, 7) is 4.77. The van der Waals surface area contributed by atoms with Gasteiger partial charge in [0, 0.05) is 37.6 Å². The van der Waals surface area contributed by atoms with Crippen LogP contribution in [0.3, 0.4) is 0 Å². The Hall–Kier alpha value is -1.77. The molecule has 1 N–H and O–H groups in total.